The molecule has 3 N–H and O–H groups in total. The van der Waals surface area contributed by atoms with E-state index in [0.717, 1.165) is 10.5 Å². The molecule has 0 spiro atoms. The molecule has 49 heavy (non-hydrogen) atoms. The summed E-state index contributed by atoms with van der Waals surface area (Å²) in [7, 11) is 1.56. The number of non-ortho nitro benzene ring substituents is 1. The van der Waals surface area contributed by atoms with E-state index in [4.69, 9.17) is 4.74 Å². The number of nitro groups is 1. The van der Waals surface area contributed by atoms with Crippen molar-refractivity contribution in [1.29, 1.82) is 0 Å². The summed E-state index contributed by atoms with van der Waals surface area (Å²) < 4.78 is 5.22. The van der Waals surface area contributed by atoms with Gasteiger partial charge in [0.25, 0.3) is 17.5 Å². The first-order chi connectivity index (χ1) is 23.7. The number of hydrogen-bond acceptors (Lipinski definition) is 7. The van der Waals surface area contributed by atoms with Crippen LogP contribution in [0.5, 0.6) is 5.75 Å². The maximum atomic E-state index is 13.6. The van der Waals surface area contributed by atoms with Crippen LogP contribution < -0.4 is 20.7 Å². The average Bonchev–Trinajstić information content (AvgIpc) is 3.12. The summed E-state index contributed by atoms with van der Waals surface area (Å²) in [5.74, 6) is -0.604. The average molecular weight is 673 g/mol. The third-order valence-corrected chi connectivity index (χ3v) is 8.61. The number of thioether (sulfide) groups is 1. The lowest BCUT2D eigenvalue weighted by molar-refractivity contribution is -0.384. The molecule has 5 aromatic carbocycles. The number of hydrogen-bond donors (Lipinski definition) is 3. The number of carbonyl (C=O) groups is 3. The number of carbonyl (C=O) groups excluding carboxylic acids is 3. The van der Waals surface area contributed by atoms with Gasteiger partial charge in [-0.2, -0.15) is 0 Å². The molecule has 0 saturated heterocycles. The summed E-state index contributed by atoms with van der Waals surface area (Å²) in [5, 5.41) is 19.0. The lowest BCUT2D eigenvalue weighted by Gasteiger charge is -2.18. The number of benzene rings is 5. The van der Waals surface area contributed by atoms with Crippen LogP contribution in [0.15, 0.2) is 138 Å². The molecule has 0 aromatic heterocycles. The molecular formula is C38H32N4O6S. The molecule has 5 rings (SSSR count). The number of methoxy groups -OCH3 is 1. The van der Waals surface area contributed by atoms with Gasteiger partial charge in [0.1, 0.15) is 16.7 Å². The van der Waals surface area contributed by atoms with Gasteiger partial charge in [0.05, 0.1) is 12.0 Å². The molecule has 0 aliphatic carbocycles. The highest BCUT2D eigenvalue weighted by Crippen LogP contribution is 2.37. The minimum Gasteiger partial charge on any atom is -0.497 e. The first kappa shape index (κ1) is 34.1. The van der Waals surface area contributed by atoms with E-state index in [9.17, 15) is 24.5 Å². The molecule has 0 aliphatic heterocycles. The second-order valence-corrected chi connectivity index (χ2v) is 12.0. The lowest BCUT2D eigenvalue weighted by atomic mass is 10.1. The number of anilines is 2. The normalized spacial score (nSPS) is 11.6. The van der Waals surface area contributed by atoms with Crippen molar-refractivity contribution in [3.05, 3.63) is 165 Å². The molecule has 246 valence electrons. The van der Waals surface area contributed by atoms with Crippen LogP contribution in [0, 0.1) is 17.0 Å². The van der Waals surface area contributed by atoms with Gasteiger partial charge in [-0.1, -0.05) is 60.7 Å². The molecule has 0 aliphatic rings. The Balaban J connectivity index is 1.33. The largest absolute Gasteiger partial charge is 0.497 e. The van der Waals surface area contributed by atoms with Crippen LogP contribution in [-0.2, 0) is 9.59 Å². The molecule has 11 heteroatoms. The van der Waals surface area contributed by atoms with Crippen molar-refractivity contribution < 1.29 is 24.0 Å². The summed E-state index contributed by atoms with van der Waals surface area (Å²) in [4.78, 5) is 51.5. The van der Waals surface area contributed by atoms with E-state index >= 15 is 0 Å². The summed E-state index contributed by atoms with van der Waals surface area (Å²) in [6.07, 6.45) is 1.58. The van der Waals surface area contributed by atoms with Gasteiger partial charge >= 0.3 is 0 Å². The highest BCUT2D eigenvalue weighted by Gasteiger charge is 2.23. The molecule has 0 heterocycles. The van der Waals surface area contributed by atoms with Gasteiger partial charge in [-0.3, -0.25) is 24.5 Å². The van der Waals surface area contributed by atoms with Crippen LogP contribution in [0.25, 0.3) is 6.08 Å². The molecule has 1 atom stereocenters. The predicted octanol–water partition coefficient (Wildman–Crippen LogP) is 7.79. The number of rotatable bonds is 12. The zero-order valence-corrected chi connectivity index (χ0v) is 27.4. The molecule has 0 radical (unpaired) electrons. The fraction of sp³-hybridized carbons (Fsp3) is 0.0789. The number of nitrogens with one attached hydrogen (secondary N) is 3. The minimum absolute atomic E-state index is 0.0415. The van der Waals surface area contributed by atoms with Crippen molar-refractivity contribution in [2.45, 2.75) is 17.1 Å². The van der Waals surface area contributed by atoms with Crippen molar-refractivity contribution in [3.63, 3.8) is 0 Å². The van der Waals surface area contributed by atoms with Gasteiger partial charge in [-0.05, 0) is 84.3 Å². The minimum atomic E-state index is -0.650. The van der Waals surface area contributed by atoms with Gasteiger partial charge in [-0.25, -0.2) is 0 Å². The fourth-order valence-corrected chi connectivity index (χ4v) is 5.79. The van der Waals surface area contributed by atoms with Crippen LogP contribution in [0.4, 0.5) is 17.1 Å². The molecule has 0 fully saturated rings. The Morgan fingerprint density at radius 3 is 2.08 bits per heavy atom. The third kappa shape index (κ3) is 9.21. The van der Waals surface area contributed by atoms with E-state index < -0.39 is 22.0 Å². The summed E-state index contributed by atoms with van der Waals surface area (Å²) >= 11 is 1.32. The van der Waals surface area contributed by atoms with Crippen LogP contribution in [0.1, 0.15) is 32.3 Å². The van der Waals surface area contributed by atoms with Crippen molar-refractivity contribution in [2.24, 2.45) is 0 Å². The summed E-state index contributed by atoms with van der Waals surface area (Å²) in [5.41, 5.74) is 3.36. The third-order valence-electron chi connectivity index (χ3n) is 7.34. The van der Waals surface area contributed by atoms with Gasteiger partial charge in [-0.15, -0.1) is 11.8 Å². The maximum Gasteiger partial charge on any atom is 0.272 e. The fourth-order valence-electron chi connectivity index (χ4n) is 4.76. The molecular weight excluding hydrogens is 641 g/mol. The van der Waals surface area contributed by atoms with Crippen LogP contribution in [0.3, 0.4) is 0 Å². The Hall–Kier alpha value is -6.20. The second kappa shape index (κ2) is 16.1. The van der Waals surface area contributed by atoms with E-state index in [1.54, 1.807) is 99.0 Å². The maximum absolute atomic E-state index is 13.6. The van der Waals surface area contributed by atoms with Gasteiger partial charge in [0.15, 0.2) is 0 Å². The molecule has 0 saturated carbocycles. The van der Waals surface area contributed by atoms with E-state index in [-0.39, 0.29) is 17.3 Å². The predicted molar refractivity (Wildman–Crippen MR) is 191 cm³/mol. The Bertz CT molecular complexity index is 1980. The summed E-state index contributed by atoms with van der Waals surface area (Å²) in [6, 6.07) is 36.2. The number of aryl methyl sites for hydroxylation is 1. The Labute approximate surface area is 287 Å². The number of nitro benzene ring substituents is 1. The topological polar surface area (TPSA) is 140 Å². The Morgan fingerprint density at radius 1 is 0.816 bits per heavy atom. The SMILES string of the molecule is COc1ccc(/C=C(\NC(=O)c2ccccc2)C(=O)Nc2ccc(SC(C(=O)Nc3ccc([N+](=O)[O-])cc3C)c3ccccc3)cc2)cc1. The molecule has 5 aromatic rings. The van der Waals surface area contributed by atoms with Crippen LogP contribution in [-0.4, -0.2) is 29.8 Å². The van der Waals surface area contributed by atoms with E-state index in [0.29, 0.717) is 33.8 Å². The van der Waals surface area contributed by atoms with Gasteiger partial charge < -0.3 is 20.7 Å². The van der Waals surface area contributed by atoms with E-state index in [1.165, 1.54) is 30.0 Å². The first-order valence-corrected chi connectivity index (χ1v) is 16.0. The molecule has 0 bridgehead atoms. The molecule has 10 nitrogen and oxygen atoms in total. The smallest absolute Gasteiger partial charge is 0.272 e. The number of nitrogens with zero attached hydrogens (tertiary/aromatic N) is 1. The van der Waals surface area contributed by atoms with E-state index in [1.807, 2.05) is 30.3 Å². The first-order valence-electron chi connectivity index (χ1n) is 15.1. The van der Waals surface area contributed by atoms with E-state index in [2.05, 4.69) is 16.0 Å². The highest BCUT2D eigenvalue weighted by molar-refractivity contribution is 8.00. The van der Waals surface area contributed by atoms with Gasteiger partial charge in [0.2, 0.25) is 5.91 Å². The standard InChI is InChI=1S/C38H32N4O6S/c1-25-23-30(42(46)47)17-22-33(25)40-38(45)35(27-9-5-3-6-10-27)49-32-20-15-29(16-21-32)39-37(44)34(24-26-13-18-31(48-2)19-14-26)41-36(43)28-11-7-4-8-12-28/h3-24,35H,1-2H3,(H,39,44)(H,40,45)(H,41,43)/b34-24-. The van der Waals surface area contributed by atoms with Crippen LogP contribution in [0.2, 0.25) is 0 Å². The number of ether oxygens (including phenoxy) is 1. The van der Waals surface area contributed by atoms with Crippen molar-refractivity contribution in [3.8, 4) is 5.75 Å². The highest BCUT2D eigenvalue weighted by atomic mass is 32.2. The molecule has 1 unspecified atom stereocenters. The van der Waals surface area contributed by atoms with Crippen molar-refractivity contribution in [2.75, 3.05) is 17.7 Å². The second-order valence-electron chi connectivity index (χ2n) is 10.8. The number of amides is 3. The summed E-state index contributed by atoms with van der Waals surface area (Å²) in [6.45, 7) is 1.70. The quantitative estimate of drug-likeness (QED) is 0.0532. The Morgan fingerprint density at radius 2 is 1.47 bits per heavy atom. The van der Waals surface area contributed by atoms with Gasteiger partial charge in [0, 0.05) is 34.0 Å². The zero-order chi connectivity index (χ0) is 34.8. The Kier molecular flexibility index (Phi) is 11.2. The van der Waals surface area contributed by atoms with Crippen molar-refractivity contribution >= 4 is 52.6 Å². The van der Waals surface area contributed by atoms with Crippen LogP contribution >= 0.6 is 11.8 Å². The zero-order valence-electron chi connectivity index (χ0n) is 26.6. The monoisotopic (exact) mass is 672 g/mol. The lowest BCUT2D eigenvalue weighted by Crippen LogP contribution is -2.30. The van der Waals surface area contributed by atoms with Crippen molar-refractivity contribution in [1.82, 2.24) is 5.32 Å². The molecule has 3 amide bonds.